The third-order valence-corrected chi connectivity index (χ3v) is 6.78. The van der Waals surface area contributed by atoms with E-state index in [0.717, 1.165) is 29.2 Å². The Kier molecular flexibility index (Phi) is 4.65. The van der Waals surface area contributed by atoms with Crippen molar-refractivity contribution >= 4 is 5.91 Å². The van der Waals surface area contributed by atoms with Crippen molar-refractivity contribution in [2.24, 2.45) is 5.73 Å². The van der Waals surface area contributed by atoms with Gasteiger partial charge in [-0.2, -0.15) is 18.3 Å². The summed E-state index contributed by atoms with van der Waals surface area (Å²) < 4.78 is 55.9. The molecule has 1 heterocycles. The molecule has 0 aliphatic heterocycles. The van der Waals surface area contributed by atoms with E-state index in [2.05, 4.69) is 5.10 Å². The normalized spacial score (nSPS) is 23.1. The zero-order valence-corrected chi connectivity index (χ0v) is 17.1. The molecule has 2 fully saturated rings. The van der Waals surface area contributed by atoms with Crippen LogP contribution in [-0.2, 0) is 16.4 Å². The maximum Gasteiger partial charge on any atom is 0.435 e. The topological polar surface area (TPSA) is 60.9 Å². The van der Waals surface area contributed by atoms with Crippen molar-refractivity contribution in [2.75, 3.05) is 0 Å². The number of halogens is 4. The Morgan fingerprint density at radius 2 is 1.78 bits per heavy atom. The maximum atomic E-state index is 15.2. The van der Waals surface area contributed by atoms with Gasteiger partial charge in [0.1, 0.15) is 11.5 Å². The molecule has 32 heavy (non-hydrogen) atoms. The molecule has 8 heteroatoms. The second kappa shape index (κ2) is 7.18. The van der Waals surface area contributed by atoms with Crippen LogP contribution >= 0.6 is 0 Å². The van der Waals surface area contributed by atoms with Crippen LogP contribution in [-0.4, -0.2) is 15.7 Å². The highest BCUT2D eigenvalue weighted by molar-refractivity contribution is 5.89. The number of carbonyl (C=O) groups is 1. The fourth-order valence-corrected chi connectivity index (χ4v) is 4.86. The minimum absolute atomic E-state index is 0.0325. The molecule has 0 spiro atoms. The first kappa shape index (κ1) is 20.7. The van der Waals surface area contributed by atoms with Gasteiger partial charge in [-0.05, 0) is 55.0 Å². The molecule has 2 N–H and O–H groups in total. The van der Waals surface area contributed by atoms with Crippen molar-refractivity contribution in [3.63, 3.8) is 0 Å². The Balaban J connectivity index is 1.54. The number of nitrogens with two attached hydrogens (primary N) is 1. The van der Waals surface area contributed by atoms with Crippen LogP contribution in [0.25, 0.3) is 5.69 Å². The van der Waals surface area contributed by atoms with E-state index in [1.807, 2.05) is 30.3 Å². The molecule has 2 aromatic carbocycles. The second-order valence-electron chi connectivity index (χ2n) is 8.64. The van der Waals surface area contributed by atoms with Gasteiger partial charge in [0.25, 0.3) is 0 Å². The van der Waals surface area contributed by atoms with E-state index in [-0.39, 0.29) is 17.5 Å². The van der Waals surface area contributed by atoms with E-state index in [1.165, 1.54) is 12.1 Å². The molecule has 5 rings (SSSR count). The molecule has 3 aromatic rings. The first-order valence-corrected chi connectivity index (χ1v) is 10.5. The summed E-state index contributed by atoms with van der Waals surface area (Å²) in [6.45, 7) is 0. The molecular formula is C24H21F4N3O. The van der Waals surface area contributed by atoms with Crippen LogP contribution in [0.15, 0.2) is 54.6 Å². The lowest BCUT2D eigenvalue weighted by molar-refractivity contribution is -0.141. The van der Waals surface area contributed by atoms with Gasteiger partial charge in [-0.25, -0.2) is 9.07 Å². The zero-order valence-electron chi connectivity index (χ0n) is 17.1. The van der Waals surface area contributed by atoms with E-state index < -0.39 is 29.0 Å². The third kappa shape index (κ3) is 3.20. The second-order valence-corrected chi connectivity index (χ2v) is 8.64. The van der Waals surface area contributed by atoms with E-state index in [0.29, 0.717) is 24.1 Å². The summed E-state index contributed by atoms with van der Waals surface area (Å²) in [5.74, 6) is -1.51. The molecule has 166 valence electrons. The van der Waals surface area contributed by atoms with E-state index in [1.54, 1.807) is 6.07 Å². The zero-order chi connectivity index (χ0) is 22.7. The SMILES string of the molecule is NC(=O)C1(c2ccccc2)CCC1c1ccc(-n2nc(C(F)(F)F)cc2C2CC2)c(F)c1. The van der Waals surface area contributed by atoms with Crippen LogP contribution in [0.1, 0.15) is 60.0 Å². The molecule has 1 amide bonds. The van der Waals surface area contributed by atoms with Gasteiger partial charge in [-0.1, -0.05) is 36.4 Å². The summed E-state index contributed by atoms with van der Waals surface area (Å²) >= 11 is 0. The highest BCUT2D eigenvalue weighted by Gasteiger charge is 2.53. The molecule has 0 bridgehead atoms. The van der Waals surface area contributed by atoms with Gasteiger partial charge in [-0.15, -0.1) is 0 Å². The number of nitrogens with zero attached hydrogens (tertiary/aromatic N) is 2. The van der Waals surface area contributed by atoms with Crippen LogP contribution in [0.5, 0.6) is 0 Å². The third-order valence-electron chi connectivity index (χ3n) is 6.78. The van der Waals surface area contributed by atoms with Crippen LogP contribution < -0.4 is 5.73 Å². The van der Waals surface area contributed by atoms with Crippen molar-refractivity contribution in [2.45, 2.75) is 49.1 Å². The summed E-state index contributed by atoms with van der Waals surface area (Å²) in [5, 5.41) is 3.66. The minimum Gasteiger partial charge on any atom is -0.369 e. The Hall–Kier alpha value is -3.16. The van der Waals surface area contributed by atoms with Crippen LogP contribution in [0.3, 0.4) is 0 Å². The lowest BCUT2D eigenvalue weighted by atomic mass is 9.54. The van der Waals surface area contributed by atoms with Crippen molar-refractivity contribution in [3.8, 4) is 5.69 Å². The van der Waals surface area contributed by atoms with Gasteiger partial charge in [0.05, 0.1) is 5.41 Å². The number of rotatable bonds is 5. The number of primary amides is 1. The summed E-state index contributed by atoms with van der Waals surface area (Å²) in [7, 11) is 0. The Morgan fingerprint density at radius 1 is 1.06 bits per heavy atom. The molecule has 2 unspecified atom stereocenters. The summed E-state index contributed by atoms with van der Waals surface area (Å²) in [6.07, 6.45) is -1.88. The summed E-state index contributed by atoms with van der Waals surface area (Å²) in [6, 6.07) is 14.6. The monoisotopic (exact) mass is 443 g/mol. The summed E-state index contributed by atoms with van der Waals surface area (Å²) in [5.41, 5.74) is 5.55. The van der Waals surface area contributed by atoms with Gasteiger partial charge in [-0.3, -0.25) is 4.79 Å². The Morgan fingerprint density at radius 3 is 2.31 bits per heavy atom. The predicted molar refractivity (Wildman–Crippen MR) is 110 cm³/mol. The number of alkyl halides is 3. The molecule has 1 aromatic heterocycles. The van der Waals surface area contributed by atoms with Gasteiger partial charge in [0.15, 0.2) is 5.69 Å². The molecule has 2 atom stereocenters. The maximum absolute atomic E-state index is 15.2. The first-order valence-electron chi connectivity index (χ1n) is 10.5. The molecule has 0 saturated heterocycles. The van der Waals surface area contributed by atoms with E-state index >= 15 is 4.39 Å². The van der Waals surface area contributed by atoms with Crippen molar-refractivity contribution < 1.29 is 22.4 Å². The van der Waals surface area contributed by atoms with Crippen LogP contribution in [0.4, 0.5) is 17.6 Å². The smallest absolute Gasteiger partial charge is 0.369 e. The Bertz CT molecular complexity index is 1180. The molecule has 4 nitrogen and oxygen atoms in total. The molecule has 2 aliphatic rings. The van der Waals surface area contributed by atoms with Crippen molar-refractivity contribution in [1.29, 1.82) is 0 Å². The van der Waals surface area contributed by atoms with Crippen molar-refractivity contribution in [3.05, 3.63) is 82.9 Å². The average molecular weight is 443 g/mol. The summed E-state index contributed by atoms with van der Waals surface area (Å²) in [4.78, 5) is 12.5. The molecule has 2 aliphatic carbocycles. The fourth-order valence-electron chi connectivity index (χ4n) is 4.86. The lowest BCUT2D eigenvalue weighted by Crippen LogP contribution is -2.52. The number of hydrogen-bond donors (Lipinski definition) is 1. The predicted octanol–water partition coefficient (Wildman–Crippen LogP) is 5.21. The number of aromatic nitrogens is 2. The van der Waals surface area contributed by atoms with Gasteiger partial charge < -0.3 is 5.73 Å². The van der Waals surface area contributed by atoms with Gasteiger partial charge in [0, 0.05) is 17.5 Å². The van der Waals surface area contributed by atoms with E-state index in [9.17, 15) is 18.0 Å². The average Bonchev–Trinajstić information content (AvgIpc) is 3.46. The van der Waals surface area contributed by atoms with Gasteiger partial charge >= 0.3 is 6.18 Å². The first-order chi connectivity index (χ1) is 15.2. The Labute approximate surface area is 182 Å². The van der Waals surface area contributed by atoms with Crippen molar-refractivity contribution in [1.82, 2.24) is 9.78 Å². The largest absolute Gasteiger partial charge is 0.435 e. The quantitative estimate of drug-likeness (QED) is 0.551. The highest BCUT2D eigenvalue weighted by Crippen LogP contribution is 2.54. The minimum atomic E-state index is -4.60. The highest BCUT2D eigenvalue weighted by atomic mass is 19.4. The molecule has 2 saturated carbocycles. The lowest BCUT2D eigenvalue weighted by Gasteiger charge is -2.48. The molecular weight excluding hydrogens is 422 g/mol. The van der Waals surface area contributed by atoms with E-state index in [4.69, 9.17) is 5.73 Å². The van der Waals surface area contributed by atoms with Crippen LogP contribution in [0.2, 0.25) is 0 Å². The molecule has 0 radical (unpaired) electrons. The number of hydrogen-bond acceptors (Lipinski definition) is 2. The number of carbonyl (C=O) groups excluding carboxylic acids is 1. The van der Waals surface area contributed by atoms with Crippen LogP contribution in [0, 0.1) is 5.82 Å². The van der Waals surface area contributed by atoms with Gasteiger partial charge in [0.2, 0.25) is 5.91 Å². The number of benzene rings is 2. The standard InChI is InChI=1S/C24H21F4N3O/c25-18-12-15(17-10-11-23(17,22(29)32)16-4-2-1-3-5-16)8-9-19(18)31-20(14-6-7-14)13-21(30-31)24(26,27)28/h1-5,8-9,12-14,17H,6-7,10-11H2,(H2,29,32). The number of amides is 1. The fraction of sp³-hybridized carbons (Fsp3) is 0.333.